The number of nitrogens with one attached hydrogen (secondary N) is 2. The quantitative estimate of drug-likeness (QED) is 0.319. The summed E-state index contributed by atoms with van der Waals surface area (Å²) in [7, 11) is 0. The molecule has 11 heteroatoms. The van der Waals surface area contributed by atoms with Gasteiger partial charge in [0.15, 0.2) is 5.76 Å². The highest BCUT2D eigenvalue weighted by Crippen LogP contribution is 2.37. The number of anilines is 2. The minimum absolute atomic E-state index is 0.0661. The van der Waals surface area contributed by atoms with Gasteiger partial charge in [-0.05, 0) is 61.5 Å². The minimum Gasteiger partial charge on any atom is -0.459 e. The second kappa shape index (κ2) is 9.10. The molecule has 0 aliphatic carbocycles. The molecule has 174 valence electrons. The van der Waals surface area contributed by atoms with E-state index in [1.807, 2.05) is 0 Å². The zero-order valence-electron chi connectivity index (χ0n) is 17.4. The number of thiazole rings is 1. The van der Waals surface area contributed by atoms with E-state index in [4.69, 9.17) is 4.42 Å². The molecule has 34 heavy (non-hydrogen) atoms. The summed E-state index contributed by atoms with van der Waals surface area (Å²) in [6.45, 7) is 1.55. The van der Waals surface area contributed by atoms with Crippen molar-refractivity contribution in [2.75, 3.05) is 10.6 Å². The first-order chi connectivity index (χ1) is 16.1. The summed E-state index contributed by atoms with van der Waals surface area (Å²) < 4.78 is 59.2. The Kier molecular flexibility index (Phi) is 6.20. The Labute approximate surface area is 194 Å². The number of furan rings is 1. The predicted octanol–water partition coefficient (Wildman–Crippen LogP) is 6.37. The second-order valence-electron chi connectivity index (χ2n) is 7.08. The molecule has 2 amide bonds. The third-order valence-electron chi connectivity index (χ3n) is 4.67. The van der Waals surface area contributed by atoms with Crippen LogP contribution >= 0.6 is 11.3 Å². The Morgan fingerprint density at radius 2 is 1.74 bits per heavy atom. The lowest BCUT2D eigenvalue weighted by atomic mass is 10.1. The molecule has 0 fully saturated rings. The second-order valence-corrected chi connectivity index (χ2v) is 8.08. The van der Waals surface area contributed by atoms with Crippen LogP contribution in [0.1, 0.15) is 31.5 Å². The molecule has 6 nitrogen and oxygen atoms in total. The average Bonchev–Trinajstić information content (AvgIpc) is 3.45. The third kappa shape index (κ3) is 4.99. The summed E-state index contributed by atoms with van der Waals surface area (Å²) >= 11 is 0.975. The van der Waals surface area contributed by atoms with Crippen LogP contribution in [0.2, 0.25) is 0 Å². The number of aromatic nitrogens is 1. The van der Waals surface area contributed by atoms with Gasteiger partial charge in [-0.25, -0.2) is 9.37 Å². The number of carbonyl (C=O) groups excluding carboxylic acids is 2. The van der Waals surface area contributed by atoms with E-state index in [-0.39, 0.29) is 16.3 Å². The molecule has 0 saturated heterocycles. The highest BCUT2D eigenvalue weighted by atomic mass is 32.1. The van der Waals surface area contributed by atoms with Crippen molar-refractivity contribution in [2.45, 2.75) is 13.1 Å². The maximum absolute atomic E-state index is 13.7. The van der Waals surface area contributed by atoms with Gasteiger partial charge in [-0.15, -0.1) is 11.3 Å². The van der Waals surface area contributed by atoms with Gasteiger partial charge in [0.1, 0.15) is 15.7 Å². The molecule has 2 heterocycles. The molecule has 0 spiro atoms. The van der Waals surface area contributed by atoms with Crippen molar-refractivity contribution < 1.29 is 31.6 Å². The number of hydrogen-bond donors (Lipinski definition) is 2. The lowest BCUT2D eigenvalue weighted by Gasteiger charge is -2.15. The van der Waals surface area contributed by atoms with Crippen molar-refractivity contribution in [3.8, 4) is 10.6 Å². The van der Waals surface area contributed by atoms with Gasteiger partial charge in [0.2, 0.25) is 0 Å². The van der Waals surface area contributed by atoms with Crippen molar-refractivity contribution in [1.82, 2.24) is 4.98 Å². The summed E-state index contributed by atoms with van der Waals surface area (Å²) in [5, 5.41) is 5.03. The number of halogens is 4. The van der Waals surface area contributed by atoms with E-state index in [9.17, 15) is 27.2 Å². The topological polar surface area (TPSA) is 84.2 Å². The Morgan fingerprint density at radius 1 is 1.00 bits per heavy atom. The molecule has 4 rings (SSSR count). The number of rotatable bonds is 5. The monoisotopic (exact) mass is 489 g/mol. The van der Waals surface area contributed by atoms with Gasteiger partial charge in [-0.3, -0.25) is 9.59 Å². The van der Waals surface area contributed by atoms with Gasteiger partial charge in [-0.1, -0.05) is 0 Å². The first kappa shape index (κ1) is 23.2. The van der Waals surface area contributed by atoms with Crippen molar-refractivity contribution in [1.29, 1.82) is 0 Å². The maximum atomic E-state index is 13.7. The fourth-order valence-electron chi connectivity index (χ4n) is 3.07. The van der Waals surface area contributed by atoms with Gasteiger partial charge < -0.3 is 15.1 Å². The van der Waals surface area contributed by atoms with Gasteiger partial charge in [0.25, 0.3) is 11.8 Å². The molecule has 0 atom stereocenters. The zero-order valence-corrected chi connectivity index (χ0v) is 18.2. The number of carbonyl (C=O) groups is 2. The third-order valence-corrected chi connectivity index (χ3v) is 5.88. The van der Waals surface area contributed by atoms with Crippen molar-refractivity contribution >= 4 is 34.5 Å². The molecule has 0 radical (unpaired) electrons. The van der Waals surface area contributed by atoms with E-state index < -0.39 is 35.1 Å². The van der Waals surface area contributed by atoms with E-state index in [0.29, 0.717) is 16.3 Å². The number of aryl methyl sites for hydroxylation is 1. The summed E-state index contributed by atoms with van der Waals surface area (Å²) in [5.41, 5.74) is -0.859. The summed E-state index contributed by atoms with van der Waals surface area (Å²) in [6, 6.07) is 11.3. The Balaban J connectivity index is 1.59. The van der Waals surface area contributed by atoms with Crippen LogP contribution in [0.3, 0.4) is 0 Å². The molecule has 0 aliphatic rings. The van der Waals surface area contributed by atoms with E-state index in [0.717, 1.165) is 23.5 Å². The van der Waals surface area contributed by atoms with E-state index >= 15 is 0 Å². The molecular weight excluding hydrogens is 474 g/mol. The van der Waals surface area contributed by atoms with E-state index in [1.54, 1.807) is 6.92 Å². The van der Waals surface area contributed by atoms with Crippen LogP contribution < -0.4 is 10.6 Å². The molecule has 4 aromatic rings. The van der Waals surface area contributed by atoms with Crippen LogP contribution in [0.25, 0.3) is 10.6 Å². The van der Waals surface area contributed by atoms with Gasteiger partial charge >= 0.3 is 6.18 Å². The van der Waals surface area contributed by atoms with Gasteiger partial charge in [0, 0.05) is 11.3 Å². The lowest BCUT2D eigenvalue weighted by Crippen LogP contribution is -2.18. The smallest absolute Gasteiger partial charge is 0.418 e. The number of nitrogens with zero attached hydrogens (tertiary/aromatic N) is 1. The van der Waals surface area contributed by atoms with Crippen LogP contribution in [0.15, 0.2) is 65.3 Å². The summed E-state index contributed by atoms with van der Waals surface area (Å²) in [5.74, 6) is -1.99. The van der Waals surface area contributed by atoms with Crippen molar-refractivity contribution in [3.05, 3.63) is 88.6 Å². The highest BCUT2D eigenvalue weighted by molar-refractivity contribution is 7.17. The van der Waals surface area contributed by atoms with Gasteiger partial charge in [0.05, 0.1) is 23.2 Å². The average molecular weight is 489 g/mol. The van der Waals surface area contributed by atoms with Gasteiger partial charge in [-0.2, -0.15) is 13.2 Å². The highest BCUT2D eigenvalue weighted by Gasteiger charge is 2.35. The summed E-state index contributed by atoms with van der Waals surface area (Å²) in [6.07, 6.45) is -3.55. The van der Waals surface area contributed by atoms with Crippen LogP contribution in [-0.2, 0) is 6.18 Å². The Bertz CT molecular complexity index is 1350. The van der Waals surface area contributed by atoms with E-state index in [1.165, 1.54) is 48.7 Å². The van der Waals surface area contributed by atoms with E-state index in [2.05, 4.69) is 15.6 Å². The van der Waals surface area contributed by atoms with Crippen LogP contribution in [0.5, 0.6) is 0 Å². The number of benzene rings is 2. The number of hydrogen-bond acceptors (Lipinski definition) is 5. The Hall–Kier alpha value is -3.99. The van der Waals surface area contributed by atoms with Crippen LogP contribution in [0, 0.1) is 12.7 Å². The molecule has 0 bridgehead atoms. The number of alkyl halides is 3. The first-order valence-corrected chi connectivity index (χ1v) is 10.5. The largest absolute Gasteiger partial charge is 0.459 e. The fourth-order valence-corrected chi connectivity index (χ4v) is 4.04. The first-order valence-electron chi connectivity index (χ1n) is 9.72. The molecule has 0 unspecified atom stereocenters. The minimum atomic E-state index is -4.81. The normalized spacial score (nSPS) is 11.3. The molecule has 2 aromatic carbocycles. The zero-order chi connectivity index (χ0) is 24.5. The molecular formula is C23H15F4N3O3S. The number of amides is 2. The maximum Gasteiger partial charge on any atom is 0.418 e. The molecule has 0 saturated carbocycles. The fraction of sp³-hybridized carbons (Fsp3) is 0.0870. The van der Waals surface area contributed by atoms with Crippen molar-refractivity contribution in [3.63, 3.8) is 0 Å². The Morgan fingerprint density at radius 3 is 2.38 bits per heavy atom. The standard InChI is InChI=1S/C23H15F4N3O3S/c1-12-19(34-22(28-12)13-4-6-14(24)7-5-13)21(32)30-17-9-8-15(11-16(17)23(25,26)27)29-20(31)18-3-2-10-33-18/h2-11H,1H3,(H,29,31)(H,30,32). The lowest BCUT2D eigenvalue weighted by molar-refractivity contribution is -0.136. The van der Waals surface area contributed by atoms with Crippen LogP contribution in [0.4, 0.5) is 28.9 Å². The van der Waals surface area contributed by atoms with Crippen molar-refractivity contribution in [2.24, 2.45) is 0 Å². The molecule has 2 aromatic heterocycles. The SMILES string of the molecule is Cc1nc(-c2ccc(F)cc2)sc1C(=O)Nc1ccc(NC(=O)c2ccco2)cc1C(F)(F)F. The molecule has 2 N–H and O–H groups in total. The summed E-state index contributed by atoms with van der Waals surface area (Å²) in [4.78, 5) is 29.2. The predicted molar refractivity (Wildman–Crippen MR) is 118 cm³/mol. The van der Waals surface area contributed by atoms with Crippen LogP contribution in [-0.4, -0.2) is 16.8 Å². The molecule has 0 aliphatic heterocycles.